The summed E-state index contributed by atoms with van der Waals surface area (Å²) >= 11 is 3.33. The van der Waals surface area contributed by atoms with Gasteiger partial charge in [0, 0.05) is 4.47 Å². The first-order valence-corrected chi connectivity index (χ1v) is 7.60. The van der Waals surface area contributed by atoms with Crippen molar-refractivity contribution >= 4 is 27.5 Å². The molecule has 0 aliphatic heterocycles. The topological polar surface area (TPSA) is 74.5 Å². The largest absolute Gasteiger partial charge is 0.479 e. The summed E-state index contributed by atoms with van der Waals surface area (Å²) in [6, 6.07) is 16.2. The highest BCUT2D eigenvalue weighted by Gasteiger charge is 2.08. The van der Waals surface area contributed by atoms with Crippen LogP contribution < -0.4 is 10.2 Å². The molecule has 0 heterocycles. The summed E-state index contributed by atoms with van der Waals surface area (Å²) in [4.78, 5) is 12.1. The summed E-state index contributed by atoms with van der Waals surface area (Å²) in [7, 11) is 0. The summed E-state index contributed by atoms with van der Waals surface area (Å²) in [6.07, 6.45) is 0. The van der Waals surface area contributed by atoms with Gasteiger partial charge in [0.1, 0.15) is 11.8 Å². The van der Waals surface area contributed by atoms with E-state index in [-0.39, 0.29) is 12.5 Å². The van der Waals surface area contributed by atoms with E-state index in [2.05, 4.69) is 26.5 Å². The van der Waals surface area contributed by atoms with Gasteiger partial charge in [-0.25, -0.2) is 5.43 Å². The molecule has 5 nitrogen and oxygen atoms in total. The van der Waals surface area contributed by atoms with Gasteiger partial charge in [-0.1, -0.05) is 12.1 Å². The molecule has 2 aromatic carbocycles. The zero-order chi connectivity index (χ0) is 16.7. The Morgan fingerprint density at radius 2 is 1.96 bits per heavy atom. The van der Waals surface area contributed by atoms with Gasteiger partial charge in [0.25, 0.3) is 5.91 Å². The van der Waals surface area contributed by atoms with E-state index >= 15 is 0 Å². The lowest BCUT2D eigenvalue weighted by Crippen LogP contribution is -2.19. The molecule has 0 radical (unpaired) electrons. The molecule has 0 unspecified atom stereocenters. The van der Waals surface area contributed by atoms with Crippen molar-refractivity contribution < 1.29 is 9.53 Å². The van der Waals surface area contributed by atoms with Crippen molar-refractivity contribution in [3.8, 4) is 11.8 Å². The molecule has 0 spiro atoms. The fourth-order valence-electron chi connectivity index (χ4n) is 1.81. The number of nitrogens with one attached hydrogen (secondary N) is 1. The van der Waals surface area contributed by atoms with Crippen LogP contribution in [0.4, 0.5) is 0 Å². The van der Waals surface area contributed by atoms with Crippen LogP contribution in [0.2, 0.25) is 0 Å². The number of ether oxygens (including phenoxy) is 1. The van der Waals surface area contributed by atoms with Crippen LogP contribution in [0.3, 0.4) is 0 Å². The number of rotatable bonds is 5. The molecule has 0 bridgehead atoms. The normalized spacial score (nSPS) is 10.7. The van der Waals surface area contributed by atoms with Crippen LogP contribution in [0.5, 0.6) is 5.75 Å². The third kappa shape index (κ3) is 4.66. The van der Waals surface area contributed by atoms with E-state index in [1.54, 1.807) is 37.3 Å². The predicted octanol–water partition coefficient (Wildman–Crippen LogP) is 3.51. The van der Waals surface area contributed by atoms with Crippen LogP contribution in [-0.2, 0) is 0 Å². The second kappa shape index (κ2) is 8.11. The fraction of sp³-hybridized carbons (Fsp3) is 0.118. The Labute approximate surface area is 142 Å². The van der Waals surface area contributed by atoms with Crippen molar-refractivity contribution in [2.75, 3.05) is 6.61 Å². The predicted molar refractivity (Wildman–Crippen MR) is 91.4 cm³/mol. The molecule has 0 fully saturated rings. The van der Waals surface area contributed by atoms with Crippen LogP contribution in [0.15, 0.2) is 58.1 Å². The lowest BCUT2D eigenvalue weighted by atomic mass is 10.1. The number of halogens is 1. The smallest absolute Gasteiger partial charge is 0.272 e. The zero-order valence-electron chi connectivity index (χ0n) is 12.4. The molecule has 116 valence electrons. The Morgan fingerprint density at radius 1 is 1.26 bits per heavy atom. The molecule has 0 aromatic heterocycles. The number of nitriles is 1. The second-order valence-corrected chi connectivity index (χ2v) is 5.44. The van der Waals surface area contributed by atoms with Gasteiger partial charge in [0.15, 0.2) is 6.61 Å². The first-order chi connectivity index (χ1) is 11.1. The Hall–Kier alpha value is -2.65. The molecule has 0 saturated heterocycles. The quantitative estimate of drug-likeness (QED) is 0.645. The van der Waals surface area contributed by atoms with E-state index in [4.69, 9.17) is 10.00 Å². The Morgan fingerprint density at radius 3 is 2.61 bits per heavy atom. The zero-order valence-corrected chi connectivity index (χ0v) is 14.0. The van der Waals surface area contributed by atoms with E-state index in [1.807, 2.05) is 24.3 Å². The van der Waals surface area contributed by atoms with Crippen LogP contribution in [0.1, 0.15) is 22.8 Å². The lowest BCUT2D eigenvalue weighted by Gasteiger charge is -2.06. The number of hydrogen-bond donors (Lipinski definition) is 1. The highest BCUT2D eigenvalue weighted by molar-refractivity contribution is 9.10. The van der Waals surface area contributed by atoms with E-state index < -0.39 is 0 Å². The van der Waals surface area contributed by atoms with Gasteiger partial charge in [-0.15, -0.1) is 0 Å². The molecule has 1 N–H and O–H groups in total. The van der Waals surface area contributed by atoms with Gasteiger partial charge in [-0.2, -0.15) is 10.4 Å². The molecule has 23 heavy (non-hydrogen) atoms. The molecule has 0 aliphatic carbocycles. The van der Waals surface area contributed by atoms with E-state index in [0.29, 0.717) is 21.5 Å². The molecule has 2 rings (SSSR count). The lowest BCUT2D eigenvalue weighted by molar-refractivity contribution is 0.0954. The van der Waals surface area contributed by atoms with Crippen LogP contribution in [0.25, 0.3) is 0 Å². The molecule has 0 aliphatic rings. The summed E-state index contributed by atoms with van der Waals surface area (Å²) in [5, 5.41) is 12.6. The summed E-state index contributed by atoms with van der Waals surface area (Å²) < 4.78 is 5.90. The number of nitrogens with zero attached hydrogens (tertiary/aromatic N) is 2. The van der Waals surface area contributed by atoms with Gasteiger partial charge in [-0.05, 0) is 64.8 Å². The summed E-state index contributed by atoms with van der Waals surface area (Å²) in [5.74, 6) is 0.325. The Balaban J connectivity index is 2.04. The van der Waals surface area contributed by atoms with E-state index in [0.717, 1.165) is 5.56 Å². The van der Waals surface area contributed by atoms with Crippen LogP contribution in [-0.4, -0.2) is 18.2 Å². The highest BCUT2D eigenvalue weighted by Crippen LogP contribution is 2.16. The maximum Gasteiger partial charge on any atom is 0.272 e. The minimum absolute atomic E-state index is 0.00836. The van der Waals surface area contributed by atoms with Gasteiger partial charge >= 0.3 is 0 Å². The van der Waals surface area contributed by atoms with Crippen molar-refractivity contribution in [3.05, 3.63) is 64.1 Å². The van der Waals surface area contributed by atoms with E-state index in [9.17, 15) is 4.79 Å². The van der Waals surface area contributed by atoms with Crippen LogP contribution in [0, 0.1) is 11.3 Å². The van der Waals surface area contributed by atoms with Crippen molar-refractivity contribution in [2.45, 2.75) is 6.92 Å². The van der Waals surface area contributed by atoms with Crippen molar-refractivity contribution in [1.29, 1.82) is 5.26 Å². The number of carbonyl (C=O) groups is 1. The Bertz CT molecular complexity index is 764. The third-order valence-electron chi connectivity index (χ3n) is 3.02. The molecule has 0 atom stereocenters. The number of carbonyl (C=O) groups excluding carboxylic acids is 1. The first kappa shape index (κ1) is 16.7. The number of amides is 1. The van der Waals surface area contributed by atoms with Crippen molar-refractivity contribution in [1.82, 2.24) is 5.43 Å². The standard InChI is InChI=1S/C17H14BrN3O2/c1-12(13-6-8-14(9-7-13)23-11-10-19)20-21-17(22)15-4-2-3-5-16(15)18/h2-9H,11H2,1H3,(H,21,22)/b20-12-. The minimum Gasteiger partial charge on any atom is -0.479 e. The molecule has 1 amide bonds. The van der Waals surface area contributed by atoms with E-state index in [1.165, 1.54) is 0 Å². The maximum atomic E-state index is 12.1. The molecular formula is C17H14BrN3O2. The van der Waals surface area contributed by atoms with Gasteiger partial charge in [0.05, 0.1) is 11.3 Å². The number of hydrazone groups is 1. The monoisotopic (exact) mass is 371 g/mol. The maximum absolute atomic E-state index is 12.1. The Kier molecular flexibility index (Phi) is 5.89. The molecule has 6 heteroatoms. The number of hydrogen-bond acceptors (Lipinski definition) is 4. The molecule has 2 aromatic rings. The van der Waals surface area contributed by atoms with Crippen molar-refractivity contribution in [2.24, 2.45) is 5.10 Å². The van der Waals surface area contributed by atoms with Gasteiger partial charge in [0.2, 0.25) is 0 Å². The first-order valence-electron chi connectivity index (χ1n) is 6.81. The van der Waals surface area contributed by atoms with Gasteiger partial charge < -0.3 is 4.74 Å². The molecular weight excluding hydrogens is 358 g/mol. The second-order valence-electron chi connectivity index (χ2n) is 4.59. The van der Waals surface area contributed by atoms with Gasteiger partial charge in [-0.3, -0.25) is 4.79 Å². The summed E-state index contributed by atoms with van der Waals surface area (Å²) in [6.45, 7) is 1.81. The average molecular weight is 372 g/mol. The third-order valence-corrected chi connectivity index (χ3v) is 3.71. The SMILES string of the molecule is C/C(=N/NC(=O)c1ccccc1Br)c1ccc(OCC#N)cc1. The average Bonchev–Trinajstić information content (AvgIpc) is 2.58. The number of benzene rings is 2. The minimum atomic E-state index is -0.286. The molecule has 0 saturated carbocycles. The van der Waals surface area contributed by atoms with Crippen molar-refractivity contribution in [3.63, 3.8) is 0 Å². The summed E-state index contributed by atoms with van der Waals surface area (Å²) in [5.41, 5.74) is 4.56. The van der Waals surface area contributed by atoms with Crippen LogP contribution >= 0.6 is 15.9 Å². The highest BCUT2D eigenvalue weighted by atomic mass is 79.9. The fourth-order valence-corrected chi connectivity index (χ4v) is 2.28.